The van der Waals surface area contributed by atoms with Crippen molar-refractivity contribution in [1.29, 1.82) is 5.26 Å². The predicted octanol–water partition coefficient (Wildman–Crippen LogP) is 4.91. The number of nitriles is 1. The van der Waals surface area contributed by atoms with Crippen molar-refractivity contribution in [3.63, 3.8) is 0 Å². The van der Waals surface area contributed by atoms with Gasteiger partial charge in [-0.1, -0.05) is 12.5 Å². The highest BCUT2D eigenvalue weighted by molar-refractivity contribution is 7.80. The third-order valence-electron chi connectivity index (χ3n) is 7.50. The van der Waals surface area contributed by atoms with Gasteiger partial charge >= 0.3 is 6.18 Å². The molecule has 2 aromatic rings. The molecule has 0 radical (unpaired) electrons. The number of anilines is 1. The summed E-state index contributed by atoms with van der Waals surface area (Å²) in [6, 6.07) is 8.72. The fourth-order valence-corrected chi connectivity index (χ4v) is 6.32. The Bertz CT molecular complexity index is 1280. The number of benzene rings is 1. The van der Waals surface area contributed by atoms with Crippen molar-refractivity contribution in [3.8, 4) is 6.07 Å². The first kappa shape index (κ1) is 30.0. The number of hydrogen-bond acceptors (Lipinski definition) is 6. The third kappa shape index (κ3) is 6.48. The van der Waals surface area contributed by atoms with Gasteiger partial charge in [-0.05, 0) is 75.1 Å². The zero-order valence-electron chi connectivity index (χ0n) is 22.5. The highest BCUT2D eigenvalue weighted by Crippen LogP contribution is 2.38. The first-order valence-electron chi connectivity index (χ1n) is 13.2. The average Bonchev–Trinajstić information content (AvgIpc) is 3.48. The molecule has 0 aliphatic carbocycles. The number of thiocarbonyl (C=S) groups is 1. The number of thiophene rings is 1. The van der Waals surface area contributed by atoms with Crippen LogP contribution in [0.5, 0.6) is 0 Å². The van der Waals surface area contributed by atoms with Crippen LogP contribution in [-0.2, 0) is 22.2 Å². The van der Waals surface area contributed by atoms with E-state index in [0.29, 0.717) is 13.0 Å². The zero-order valence-corrected chi connectivity index (χ0v) is 24.2. The lowest BCUT2D eigenvalue weighted by Crippen LogP contribution is -2.49. The van der Waals surface area contributed by atoms with E-state index in [0.717, 1.165) is 73.9 Å². The van der Waals surface area contributed by atoms with E-state index in [1.165, 1.54) is 6.07 Å². The molecule has 0 N–H and O–H groups in total. The highest BCUT2D eigenvalue weighted by atomic mass is 32.1. The van der Waals surface area contributed by atoms with Crippen molar-refractivity contribution >= 4 is 46.2 Å². The van der Waals surface area contributed by atoms with Gasteiger partial charge in [0.15, 0.2) is 5.11 Å². The van der Waals surface area contributed by atoms with Crippen molar-refractivity contribution in [3.05, 3.63) is 51.7 Å². The van der Waals surface area contributed by atoms with Crippen molar-refractivity contribution in [2.24, 2.45) is 0 Å². The summed E-state index contributed by atoms with van der Waals surface area (Å²) in [4.78, 5) is 34.0. The van der Waals surface area contributed by atoms with E-state index < -0.39 is 28.7 Å². The largest absolute Gasteiger partial charge is 0.417 e. The summed E-state index contributed by atoms with van der Waals surface area (Å²) < 4.78 is 40.5. The number of carbonyl (C=O) groups is 2. The van der Waals surface area contributed by atoms with Gasteiger partial charge in [-0.25, -0.2) is 0 Å². The van der Waals surface area contributed by atoms with Gasteiger partial charge in [-0.2, -0.15) is 18.4 Å². The highest BCUT2D eigenvalue weighted by Gasteiger charge is 2.49. The molecule has 2 aliphatic rings. The molecule has 0 atom stereocenters. The Morgan fingerprint density at radius 2 is 1.80 bits per heavy atom. The molecule has 40 heavy (non-hydrogen) atoms. The monoisotopic (exact) mass is 591 g/mol. The molecule has 214 valence electrons. The molecule has 7 nitrogen and oxygen atoms in total. The second-order valence-corrected chi connectivity index (χ2v) is 11.9. The van der Waals surface area contributed by atoms with Crippen LogP contribution in [0.3, 0.4) is 0 Å². The van der Waals surface area contributed by atoms with Crippen molar-refractivity contribution in [1.82, 2.24) is 14.7 Å². The standard InChI is InChI=1S/C28H32F3N5O2S2/c1-27(2)25(38)36(21-9-8-20(19-32)23(17-21)28(29,30)31)26(39)35(27)11-5-3-4-10-33-12-14-34(15-13-33)24(37)18-22-7-6-16-40-22/h6-9,16-17H,3-5,10-15,18H2,1-2H3. The van der Waals surface area contributed by atoms with E-state index in [9.17, 15) is 22.8 Å². The topological polar surface area (TPSA) is 70.9 Å². The number of rotatable bonds is 9. The van der Waals surface area contributed by atoms with Crippen LogP contribution in [0.1, 0.15) is 49.1 Å². The van der Waals surface area contributed by atoms with Crippen LogP contribution in [0.2, 0.25) is 0 Å². The Hall–Kier alpha value is -3.01. The quantitative estimate of drug-likeness (QED) is 0.305. The molecule has 12 heteroatoms. The molecule has 4 rings (SSSR count). The number of alkyl halides is 3. The lowest BCUT2D eigenvalue weighted by atomic mass is 10.0. The molecular formula is C28H32F3N5O2S2. The number of unbranched alkanes of at least 4 members (excludes halogenated alkanes) is 2. The number of carbonyl (C=O) groups excluding carboxylic acids is 2. The summed E-state index contributed by atoms with van der Waals surface area (Å²) in [5, 5.41) is 11.2. The maximum atomic E-state index is 13.5. The van der Waals surface area contributed by atoms with E-state index >= 15 is 0 Å². The Morgan fingerprint density at radius 1 is 1.10 bits per heavy atom. The summed E-state index contributed by atoms with van der Waals surface area (Å²) in [5.74, 6) is -0.229. The van der Waals surface area contributed by atoms with E-state index in [4.69, 9.17) is 17.5 Å². The third-order valence-corrected chi connectivity index (χ3v) is 8.78. The lowest BCUT2D eigenvalue weighted by molar-refractivity contribution is -0.138. The molecule has 3 heterocycles. The summed E-state index contributed by atoms with van der Waals surface area (Å²) in [7, 11) is 0. The number of piperazine rings is 1. The average molecular weight is 592 g/mol. The maximum Gasteiger partial charge on any atom is 0.417 e. The fraction of sp³-hybridized carbons (Fsp3) is 0.500. The van der Waals surface area contributed by atoms with Gasteiger partial charge in [-0.15, -0.1) is 11.3 Å². The van der Waals surface area contributed by atoms with Crippen LogP contribution in [0.25, 0.3) is 0 Å². The van der Waals surface area contributed by atoms with Crippen LogP contribution < -0.4 is 4.90 Å². The minimum atomic E-state index is -4.73. The molecule has 0 saturated carbocycles. The van der Waals surface area contributed by atoms with E-state index in [1.807, 2.05) is 22.4 Å². The number of nitrogens with zero attached hydrogens (tertiary/aromatic N) is 5. The van der Waals surface area contributed by atoms with Crippen molar-refractivity contribution in [2.45, 2.75) is 51.2 Å². The first-order chi connectivity index (χ1) is 18.9. The molecule has 1 aromatic carbocycles. The molecule has 1 aromatic heterocycles. The van der Waals surface area contributed by atoms with Gasteiger partial charge in [0.25, 0.3) is 5.91 Å². The minimum Gasteiger partial charge on any atom is -0.340 e. The summed E-state index contributed by atoms with van der Waals surface area (Å²) in [6.45, 7) is 7.98. The smallest absolute Gasteiger partial charge is 0.340 e. The second kappa shape index (κ2) is 12.2. The van der Waals surface area contributed by atoms with Crippen LogP contribution in [0, 0.1) is 11.3 Å². The number of hydrogen-bond donors (Lipinski definition) is 0. The molecule has 2 amide bonds. The van der Waals surface area contributed by atoms with Gasteiger partial charge in [0, 0.05) is 37.6 Å². The molecule has 2 fully saturated rings. The molecular weight excluding hydrogens is 559 g/mol. The summed E-state index contributed by atoms with van der Waals surface area (Å²) in [5.41, 5.74) is -2.59. The summed E-state index contributed by atoms with van der Waals surface area (Å²) in [6.07, 6.45) is -1.65. The first-order valence-corrected chi connectivity index (χ1v) is 14.5. The van der Waals surface area contributed by atoms with E-state index in [2.05, 4.69) is 4.90 Å². The van der Waals surface area contributed by atoms with Crippen molar-refractivity contribution < 1.29 is 22.8 Å². The maximum absolute atomic E-state index is 13.5. The number of halogens is 3. The molecule has 2 saturated heterocycles. The van der Waals surface area contributed by atoms with Gasteiger partial charge in [0.2, 0.25) is 5.91 Å². The van der Waals surface area contributed by atoms with Gasteiger partial charge in [-0.3, -0.25) is 19.4 Å². The van der Waals surface area contributed by atoms with Gasteiger partial charge in [0.1, 0.15) is 5.54 Å². The minimum absolute atomic E-state index is 0.00455. The van der Waals surface area contributed by atoms with Crippen LogP contribution in [-0.4, -0.2) is 76.4 Å². The Balaban J connectivity index is 1.26. The SMILES string of the molecule is CC1(C)C(=O)N(c2ccc(C#N)c(C(F)(F)F)c2)C(=S)N1CCCCCN1CCN(C(=O)Cc2cccs2)CC1. The Labute approximate surface area is 241 Å². The predicted molar refractivity (Wildman–Crippen MR) is 152 cm³/mol. The Morgan fingerprint density at radius 3 is 2.42 bits per heavy atom. The molecule has 0 bridgehead atoms. The number of amides is 2. The Kier molecular flexibility index (Phi) is 9.17. The molecule has 0 spiro atoms. The fourth-order valence-electron chi connectivity index (χ4n) is 5.12. The van der Waals surface area contributed by atoms with Crippen LogP contribution in [0.4, 0.5) is 18.9 Å². The summed E-state index contributed by atoms with van der Waals surface area (Å²) >= 11 is 7.16. The van der Waals surface area contributed by atoms with Gasteiger partial charge in [0.05, 0.1) is 29.3 Å². The molecule has 0 unspecified atom stereocenters. The van der Waals surface area contributed by atoms with Crippen LogP contribution >= 0.6 is 23.6 Å². The van der Waals surface area contributed by atoms with E-state index in [1.54, 1.807) is 36.2 Å². The van der Waals surface area contributed by atoms with Gasteiger partial charge < -0.3 is 9.80 Å². The second-order valence-electron chi connectivity index (χ2n) is 10.5. The normalized spacial score (nSPS) is 17.9. The van der Waals surface area contributed by atoms with Crippen molar-refractivity contribution in [2.75, 3.05) is 44.2 Å². The molecule has 2 aliphatic heterocycles. The zero-order chi connectivity index (χ0) is 29.1. The lowest BCUT2D eigenvalue weighted by Gasteiger charge is -2.35. The van der Waals surface area contributed by atoms with E-state index in [-0.39, 0.29) is 16.7 Å². The van der Waals surface area contributed by atoms with Crippen LogP contribution in [0.15, 0.2) is 35.7 Å².